The van der Waals surface area contributed by atoms with E-state index in [4.69, 9.17) is 0 Å². The lowest BCUT2D eigenvalue weighted by Gasteiger charge is -1.96. The van der Waals surface area contributed by atoms with E-state index in [1.54, 1.807) is 0 Å². The summed E-state index contributed by atoms with van der Waals surface area (Å²) < 4.78 is 0. The third-order valence-corrected chi connectivity index (χ3v) is 2.31. The Labute approximate surface area is 86.9 Å². The zero-order chi connectivity index (χ0) is 10.2. The van der Waals surface area contributed by atoms with Crippen molar-refractivity contribution in [2.75, 3.05) is 0 Å². The van der Waals surface area contributed by atoms with Crippen molar-refractivity contribution in [2.24, 2.45) is 0 Å². The number of nitrogens with one attached hydrogen (secondary N) is 1. The maximum absolute atomic E-state index is 3.40. The van der Waals surface area contributed by atoms with Crippen LogP contribution in [0.15, 0.2) is 12.1 Å². The standard InChI is InChI=1S/C13H19N/c1-3-5-7-9-13-11-10-12(14-13)8-6-4-2/h10-11,14H,3,5,7-9H2,1-2H3. The zero-order valence-corrected chi connectivity index (χ0v) is 9.19. The second-order valence-electron chi connectivity index (χ2n) is 3.57. The summed E-state index contributed by atoms with van der Waals surface area (Å²) in [6.45, 7) is 4.11. The summed E-state index contributed by atoms with van der Waals surface area (Å²) in [5, 5.41) is 0. The Bertz CT molecular complexity index is 311. The predicted molar refractivity (Wildman–Crippen MR) is 61.2 cm³/mol. The number of unbranched alkanes of at least 4 members (excludes halogenated alkanes) is 2. The van der Waals surface area contributed by atoms with Crippen molar-refractivity contribution in [3.63, 3.8) is 0 Å². The number of aryl methyl sites for hydroxylation is 1. The van der Waals surface area contributed by atoms with Crippen molar-refractivity contribution in [3.05, 3.63) is 23.5 Å². The van der Waals surface area contributed by atoms with Gasteiger partial charge in [-0.1, -0.05) is 25.7 Å². The minimum absolute atomic E-state index is 0.851. The third-order valence-electron chi connectivity index (χ3n) is 2.31. The van der Waals surface area contributed by atoms with Gasteiger partial charge in [0.1, 0.15) is 0 Å². The Morgan fingerprint density at radius 2 is 2.00 bits per heavy atom. The van der Waals surface area contributed by atoms with Gasteiger partial charge in [-0.25, -0.2) is 0 Å². The average molecular weight is 189 g/mol. The molecule has 76 valence electrons. The monoisotopic (exact) mass is 189 g/mol. The second kappa shape index (κ2) is 6.32. The number of hydrogen-bond acceptors (Lipinski definition) is 0. The summed E-state index contributed by atoms with van der Waals surface area (Å²) in [6, 6.07) is 4.33. The van der Waals surface area contributed by atoms with Gasteiger partial charge in [-0.2, -0.15) is 0 Å². The van der Waals surface area contributed by atoms with E-state index in [2.05, 4.69) is 35.9 Å². The van der Waals surface area contributed by atoms with Crippen molar-refractivity contribution in [3.8, 4) is 11.8 Å². The molecular weight excluding hydrogens is 170 g/mol. The Hall–Kier alpha value is -1.16. The minimum atomic E-state index is 0.851. The maximum atomic E-state index is 3.40. The number of aromatic amines is 1. The maximum Gasteiger partial charge on any atom is 0.0491 e. The first-order chi connectivity index (χ1) is 6.86. The molecule has 1 heterocycles. The largest absolute Gasteiger partial charge is 0.361 e. The van der Waals surface area contributed by atoms with Gasteiger partial charge >= 0.3 is 0 Å². The highest BCUT2D eigenvalue weighted by Crippen LogP contribution is 2.07. The van der Waals surface area contributed by atoms with Crippen molar-refractivity contribution in [1.29, 1.82) is 0 Å². The lowest BCUT2D eigenvalue weighted by molar-refractivity contribution is 0.708. The first-order valence-corrected chi connectivity index (χ1v) is 5.43. The van der Waals surface area contributed by atoms with E-state index in [1.165, 1.54) is 37.1 Å². The van der Waals surface area contributed by atoms with Gasteiger partial charge < -0.3 is 4.98 Å². The molecule has 0 aliphatic heterocycles. The molecule has 0 radical (unpaired) electrons. The molecule has 0 aromatic carbocycles. The van der Waals surface area contributed by atoms with Crippen LogP contribution in [-0.2, 0) is 12.8 Å². The molecule has 0 atom stereocenters. The van der Waals surface area contributed by atoms with Crippen molar-refractivity contribution in [1.82, 2.24) is 4.98 Å². The van der Waals surface area contributed by atoms with E-state index < -0.39 is 0 Å². The molecular formula is C13H19N. The fourth-order valence-corrected chi connectivity index (χ4v) is 1.49. The number of rotatable bonds is 5. The van der Waals surface area contributed by atoms with Crippen LogP contribution in [0.4, 0.5) is 0 Å². The van der Waals surface area contributed by atoms with Crippen molar-refractivity contribution < 1.29 is 0 Å². The molecule has 0 aliphatic carbocycles. The van der Waals surface area contributed by atoms with Crippen LogP contribution in [-0.4, -0.2) is 4.98 Å². The topological polar surface area (TPSA) is 15.8 Å². The van der Waals surface area contributed by atoms with E-state index >= 15 is 0 Å². The molecule has 0 saturated heterocycles. The van der Waals surface area contributed by atoms with Crippen LogP contribution >= 0.6 is 0 Å². The lowest BCUT2D eigenvalue weighted by Crippen LogP contribution is -1.87. The van der Waals surface area contributed by atoms with E-state index in [0.717, 1.165) is 6.42 Å². The second-order valence-corrected chi connectivity index (χ2v) is 3.57. The molecule has 0 saturated carbocycles. The fraction of sp³-hybridized carbons (Fsp3) is 0.538. The van der Waals surface area contributed by atoms with Gasteiger partial charge in [-0.05, 0) is 31.9 Å². The van der Waals surface area contributed by atoms with Gasteiger partial charge in [-0.15, -0.1) is 5.92 Å². The van der Waals surface area contributed by atoms with Crippen LogP contribution in [0.1, 0.15) is 44.5 Å². The van der Waals surface area contributed by atoms with Crippen LogP contribution in [0.25, 0.3) is 0 Å². The van der Waals surface area contributed by atoms with E-state index in [9.17, 15) is 0 Å². The predicted octanol–water partition coefficient (Wildman–Crippen LogP) is 3.31. The lowest BCUT2D eigenvalue weighted by atomic mass is 10.2. The number of hydrogen-bond donors (Lipinski definition) is 1. The first kappa shape index (κ1) is 10.9. The van der Waals surface area contributed by atoms with Crippen LogP contribution in [0.2, 0.25) is 0 Å². The third kappa shape index (κ3) is 3.70. The zero-order valence-electron chi connectivity index (χ0n) is 9.19. The average Bonchev–Trinajstić information content (AvgIpc) is 2.63. The molecule has 1 aromatic heterocycles. The van der Waals surface area contributed by atoms with Gasteiger partial charge in [0.05, 0.1) is 0 Å². The summed E-state index contributed by atoms with van der Waals surface area (Å²) in [4.78, 5) is 3.40. The van der Waals surface area contributed by atoms with Gasteiger partial charge in [0.25, 0.3) is 0 Å². The van der Waals surface area contributed by atoms with Gasteiger partial charge in [-0.3, -0.25) is 0 Å². The normalized spacial score (nSPS) is 9.57. The van der Waals surface area contributed by atoms with Crippen LogP contribution in [0.5, 0.6) is 0 Å². The van der Waals surface area contributed by atoms with Gasteiger partial charge in [0.2, 0.25) is 0 Å². The molecule has 0 bridgehead atoms. The van der Waals surface area contributed by atoms with Crippen molar-refractivity contribution >= 4 is 0 Å². The summed E-state index contributed by atoms with van der Waals surface area (Å²) in [7, 11) is 0. The minimum Gasteiger partial charge on any atom is -0.361 e. The van der Waals surface area contributed by atoms with Crippen LogP contribution in [0, 0.1) is 11.8 Å². The Balaban J connectivity index is 2.37. The Morgan fingerprint density at radius 3 is 2.71 bits per heavy atom. The van der Waals surface area contributed by atoms with E-state index in [1.807, 2.05) is 6.92 Å². The molecule has 1 nitrogen and oxygen atoms in total. The molecule has 0 spiro atoms. The summed E-state index contributed by atoms with van der Waals surface area (Å²) >= 11 is 0. The molecule has 0 aliphatic rings. The number of aromatic nitrogens is 1. The Morgan fingerprint density at radius 1 is 1.21 bits per heavy atom. The van der Waals surface area contributed by atoms with E-state index in [-0.39, 0.29) is 0 Å². The van der Waals surface area contributed by atoms with Crippen molar-refractivity contribution in [2.45, 2.75) is 46.0 Å². The molecule has 0 fully saturated rings. The highest BCUT2D eigenvalue weighted by atomic mass is 14.7. The highest BCUT2D eigenvalue weighted by Gasteiger charge is 1.96. The van der Waals surface area contributed by atoms with Gasteiger partial charge in [0, 0.05) is 17.8 Å². The number of H-pyrrole nitrogens is 1. The van der Waals surface area contributed by atoms with Gasteiger partial charge in [0.15, 0.2) is 0 Å². The molecule has 1 N–H and O–H groups in total. The van der Waals surface area contributed by atoms with Crippen LogP contribution < -0.4 is 0 Å². The Kier molecular flexibility index (Phi) is 4.93. The molecule has 14 heavy (non-hydrogen) atoms. The summed E-state index contributed by atoms with van der Waals surface area (Å²) in [5.74, 6) is 5.97. The van der Waals surface area contributed by atoms with Crippen LogP contribution in [0.3, 0.4) is 0 Å². The van der Waals surface area contributed by atoms with E-state index in [0.29, 0.717) is 0 Å². The SMILES string of the molecule is CC#CCc1ccc(CCCCC)[nH]1. The quantitative estimate of drug-likeness (QED) is 0.540. The molecule has 0 unspecified atom stereocenters. The smallest absolute Gasteiger partial charge is 0.0491 e. The first-order valence-electron chi connectivity index (χ1n) is 5.43. The highest BCUT2D eigenvalue weighted by molar-refractivity contribution is 5.18. The molecule has 1 aromatic rings. The molecule has 1 rings (SSSR count). The molecule has 1 heteroatoms. The molecule has 0 amide bonds. The fourth-order valence-electron chi connectivity index (χ4n) is 1.49. The summed E-state index contributed by atoms with van der Waals surface area (Å²) in [5.41, 5.74) is 2.59. The summed E-state index contributed by atoms with van der Waals surface area (Å²) in [6.07, 6.45) is 5.92.